The van der Waals surface area contributed by atoms with Crippen LogP contribution in [0.25, 0.3) is 0 Å². The molecule has 10 nitrogen and oxygen atoms in total. The number of rotatable bonds is 14. The van der Waals surface area contributed by atoms with Crippen molar-refractivity contribution >= 4 is 29.7 Å². The van der Waals surface area contributed by atoms with Crippen molar-refractivity contribution in [3.63, 3.8) is 0 Å². The van der Waals surface area contributed by atoms with Crippen LogP contribution in [0.15, 0.2) is 47.1 Å². The molecular weight excluding hydrogens is 532 g/mol. The average molecular weight is 571 g/mol. The Bertz CT molecular complexity index is 1240. The molecule has 2 aliphatic heterocycles. The van der Waals surface area contributed by atoms with Gasteiger partial charge in [0.25, 0.3) is 0 Å². The SMILES string of the molecule is C/C=C/CCCCCC1C=C2C3(CC(=O)O)CC4=C(C(=O)OC4=O)C(C1CC(O)C(=O)CC/C=C/C)C2(O)OC3=O. The minimum atomic E-state index is -2.42. The largest absolute Gasteiger partial charge is 0.481 e. The van der Waals surface area contributed by atoms with Crippen molar-refractivity contribution in [3.05, 3.63) is 47.1 Å². The Morgan fingerprint density at radius 1 is 1.07 bits per heavy atom. The van der Waals surface area contributed by atoms with Crippen molar-refractivity contribution in [1.82, 2.24) is 0 Å². The zero-order chi connectivity index (χ0) is 29.9. The highest BCUT2D eigenvalue weighted by molar-refractivity contribution is 6.14. The zero-order valence-electron chi connectivity index (χ0n) is 23.5. The number of carbonyl (C=O) groups is 5. The van der Waals surface area contributed by atoms with Crippen molar-refractivity contribution in [2.24, 2.45) is 23.2 Å². The number of ketones is 1. The maximum absolute atomic E-state index is 13.4. The van der Waals surface area contributed by atoms with Gasteiger partial charge < -0.3 is 24.8 Å². The summed E-state index contributed by atoms with van der Waals surface area (Å²) in [5.74, 6) is -9.70. The molecule has 3 N–H and O–H groups in total. The third-order valence-electron chi connectivity index (χ3n) is 8.84. The van der Waals surface area contributed by atoms with Gasteiger partial charge in [-0.1, -0.05) is 43.2 Å². The number of carboxylic acids is 1. The Kier molecular flexibility index (Phi) is 9.13. The van der Waals surface area contributed by atoms with E-state index in [9.17, 15) is 39.3 Å². The van der Waals surface area contributed by atoms with Crippen molar-refractivity contribution in [2.45, 2.75) is 89.9 Å². The van der Waals surface area contributed by atoms with Crippen LogP contribution in [0.1, 0.15) is 78.1 Å². The second-order valence-corrected chi connectivity index (χ2v) is 11.4. The minimum absolute atomic E-state index is 0.0291. The van der Waals surface area contributed by atoms with Gasteiger partial charge in [0.1, 0.15) is 11.5 Å². The molecule has 0 saturated carbocycles. The number of fused-ring (bicyclic) bond motifs is 1. The fraction of sp³-hybridized carbons (Fsp3) is 0.581. The van der Waals surface area contributed by atoms with E-state index < -0.39 is 77.6 Å². The van der Waals surface area contributed by atoms with Gasteiger partial charge in [-0.2, -0.15) is 0 Å². The van der Waals surface area contributed by atoms with Gasteiger partial charge in [0, 0.05) is 18.4 Å². The molecule has 6 unspecified atom stereocenters. The molecule has 4 rings (SSSR count). The Hall–Kier alpha value is -3.37. The Morgan fingerprint density at radius 2 is 1.78 bits per heavy atom. The fourth-order valence-corrected chi connectivity index (χ4v) is 6.96. The Morgan fingerprint density at radius 3 is 2.46 bits per heavy atom. The van der Waals surface area contributed by atoms with Gasteiger partial charge in [-0.25, -0.2) is 9.59 Å². The summed E-state index contributed by atoms with van der Waals surface area (Å²) in [5, 5.41) is 32.8. The Balaban J connectivity index is 1.80. The number of hydrogen-bond acceptors (Lipinski definition) is 9. The van der Waals surface area contributed by atoms with Gasteiger partial charge >= 0.3 is 23.9 Å². The summed E-state index contributed by atoms with van der Waals surface area (Å²) in [4.78, 5) is 64.1. The monoisotopic (exact) mass is 570 g/mol. The molecule has 222 valence electrons. The second kappa shape index (κ2) is 12.2. The number of aliphatic hydroxyl groups excluding tert-OH is 1. The van der Waals surface area contributed by atoms with Crippen LogP contribution in [0, 0.1) is 23.2 Å². The summed E-state index contributed by atoms with van der Waals surface area (Å²) in [6.07, 6.45) is 11.0. The number of cyclic esters (lactones) is 2. The minimum Gasteiger partial charge on any atom is -0.481 e. The van der Waals surface area contributed by atoms with E-state index in [0.29, 0.717) is 12.8 Å². The van der Waals surface area contributed by atoms with Crippen LogP contribution in [0.2, 0.25) is 0 Å². The topological polar surface area (TPSA) is 164 Å². The molecular formula is C31H38O10. The first-order valence-corrected chi connectivity index (χ1v) is 14.3. The third kappa shape index (κ3) is 5.59. The average Bonchev–Trinajstić information content (AvgIpc) is 3.26. The summed E-state index contributed by atoms with van der Waals surface area (Å²) < 4.78 is 10.4. The first kappa shape index (κ1) is 30.6. The van der Waals surface area contributed by atoms with E-state index in [1.165, 1.54) is 0 Å². The molecule has 1 saturated heterocycles. The van der Waals surface area contributed by atoms with Crippen molar-refractivity contribution in [2.75, 3.05) is 0 Å². The van der Waals surface area contributed by atoms with Crippen LogP contribution in [-0.4, -0.2) is 56.9 Å². The number of esters is 3. The van der Waals surface area contributed by atoms with Gasteiger partial charge in [0.2, 0.25) is 5.79 Å². The Labute approximate surface area is 238 Å². The summed E-state index contributed by atoms with van der Waals surface area (Å²) in [5.41, 5.74) is -2.19. The molecule has 4 bridgehead atoms. The van der Waals surface area contributed by atoms with Gasteiger partial charge in [-0.3, -0.25) is 14.4 Å². The first-order chi connectivity index (χ1) is 19.5. The van der Waals surface area contributed by atoms with E-state index in [1.54, 1.807) is 12.2 Å². The zero-order valence-corrected chi connectivity index (χ0v) is 23.5. The maximum atomic E-state index is 13.4. The predicted octanol–water partition coefficient (Wildman–Crippen LogP) is 3.47. The molecule has 0 amide bonds. The number of aliphatic hydroxyl groups is 2. The molecule has 2 aliphatic carbocycles. The highest BCUT2D eigenvalue weighted by Gasteiger charge is 2.72. The number of carbonyl (C=O) groups excluding carboxylic acids is 4. The summed E-state index contributed by atoms with van der Waals surface area (Å²) in [7, 11) is 0. The van der Waals surface area contributed by atoms with E-state index in [-0.39, 0.29) is 29.6 Å². The maximum Gasteiger partial charge on any atom is 0.343 e. The summed E-state index contributed by atoms with van der Waals surface area (Å²) in [6.45, 7) is 3.77. The molecule has 0 aromatic heterocycles. The van der Waals surface area contributed by atoms with Gasteiger partial charge in [-0.15, -0.1) is 0 Å². The number of aliphatic carboxylic acids is 1. The standard InChI is InChI=1S/C31H38O10/c1-3-5-7-8-9-11-12-18-14-23-30(17-24(34)35)16-20-25(28(37)40-27(20)36)26(31(23,39)41-29(30)38)19(18)15-22(33)21(32)13-10-6-4-2/h3-6,14,18-19,22,26,33,39H,7-13,15-17H2,1-2H3,(H,34,35)/b5-3+,6-4+. The number of Topliss-reactive ketones (excluding diaryl/α,β-unsaturated/α-hetero) is 1. The summed E-state index contributed by atoms with van der Waals surface area (Å²) >= 11 is 0. The van der Waals surface area contributed by atoms with Crippen LogP contribution in [0.5, 0.6) is 0 Å². The first-order valence-electron chi connectivity index (χ1n) is 14.3. The highest BCUT2D eigenvalue weighted by Crippen LogP contribution is 2.64. The van der Waals surface area contributed by atoms with E-state index in [4.69, 9.17) is 9.47 Å². The molecule has 0 aromatic rings. The van der Waals surface area contributed by atoms with Gasteiger partial charge in [0.05, 0.1) is 23.5 Å². The van der Waals surface area contributed by atoms with E-state index in [2.05, 4.69) is 6.08 Å². The molecule has 41 heavy (non-hydrogen) atoms. The molecule has 0 radical (unpaired) electrons. The molecule has 4 aliphatic rings. The molecule has 1 fully saturated rings. The van der Waals surface area contributed by atoms with E-state index in [1.807, 2.05) is 26.0 Å². The molecule has 0 spiro atoms. The van der Waals surface area contributed by atoms with Crippen LogP contribution in [0.4, 0.5) is 0 Å². The number of ether oxygens (including phenoxy) is 2. The predicted molar refractivity (Wildman–Crippen MR) is 145 cm³/mol. The molecule has 10 heteroatoms. The normalized spacial score (nSPS) is 31.3. The fourth-order valence-electron chi connectivity index (χ4n) is 6.96. The van der Waals surface area contributed by atoms with Crippen LogP contribution in [-0.2, 0) is 33.4 Å². The van der Waals surface area contributed by atoms with E-state index >= 15 is 0 Å². The smallest absolute Gasteiger partial charge is 0.343 e. The third-order valence-corrected chi connectivity index (χ3v) is 8.84. The molecule has 2 heterocycles. The number of unbranched alkanes of at least 4 members (excludes halogenated alkanes) is 3. The van der Waals surface area contributed by atoms with Crippen LogP contribution in [0.3, 0.4) is 0 Å². The summed E-state index contributed by atoms with van der Waals surface area (Å²) in [6, 6.07) is 0. The van der Waals surface area contributed by atoms with Crippen LogP contribution >= 0.6 is 0 Å². The number of hydrogen-bond donors (Lipinski definition) is 3. The van der Waals surface area contributed by atoms with Crippen molar-refractivity contribution in [1.29, 1.82) is 0 Å². The lowest BCUT2D eigenvalue weighted by atomic mass is 9.61. The van der Waals surface area contributed by atoms with Gasteiger partial charge in [-0.05, 0) is 57.8 Å². The van der Waals surface area contributed by atoms with Crippen LogP contribution < -0.4 is 0 Å². The molecule has 6 atom stereocenters. The van der Waals surface area contributed by atoms with Crippen molar-refractivity contribution in [3.8, 4) is 0 Å². The number of allylic oxidation sites excluding steroid dienone is 5. The number of carboxylic acid groups (broad SMARTS) is 1. The quantitative estimate of drug-likeness (QED) is 0.122. The van der Waals surface area contributed by atoms with Crippen molar-refractivity contribution < 1.29 is 48.8 Å². The lowest BCUT2D eigenvalue weighted by Gasteiger charge is -2.45. The second-order valence-electron chi connectivity index (χ2n) is 11.4. The molecule has 0 aromatic carbocycles. The lowest BCUT2D eigenvalue weighted by Crippen LogP contribution is -2.51. The van der Waals surface area contributed by atoms with E-state index in [0.717, 1.165) is 25.7 Å². The van der Waals surface area contributed by atoms with Gasteiger partial charge in [0.15, 0.2) is 5.78 Å². The highest BCUT2D eigenvalue weighted by atomic mass is 16.7. The lowest BCUT2D eigenvalue weighted by molar-refractivity contribution is -0.206.